The van der Waals surface area contributed by atoms with Crippen molar-refractivity contribution >= 4 is 11.7 Å². The molecule has 1 heterocycles. The van der Waals surface area contributed by atoms with Gasteiger partial charge in [-0.2, -0.15) is 0 Å². The summed E-state index contributed by atoms with van der Waals surface area (Å²) in [7, 11) is 0. The summed E-state index contributed by atoms with van der Waals surface area (Å²) in [6.07, 6.45) is -1.07. The fourth-order valence-electron chi connectivity index (χ4n) is 2.41. The third-order valence-corrected chi connectivity index (χ3v) is 3.84. The lowest BCUT2D eigenvalue weighted by molar-refractivity contribution is -0.384. The van der Waals surface area contributed by atoms with Crippen molar-refractivity contribution in [3.63, 3.8) is 0 Å². The van der Waals surface area contributed by atoms with E-state index in [0.717, 1.165) is 11.6 Å². The van der Waals surface area contributed by atoms with Crippen LogP contribution in [-0.2, 0) is 27.4 Å². The first-order valence-corrected chi connectivity index (χ1v) is 7.95. The van der Waals surface area contributed by atoms with Gasteiger partial charge in [0.25, 0.3) is 5.69 Å². The molecule has 1 aliphatic rings. The molecule has 0 unspecified atom stereocenters. The Bertz CT molecular complexity index is 793. The number of carbonyl (C=O) groups is 1. The lowest BCUT2D eigenvalue weighted by atomic mass is 10.1. The quantitative estimate of drug-likeness (QED) is 0.333. The van der Waals surface area contributed by atoms with Crippen LogP contribution in [0.5, 0.6) is 0 Å². The molecule has 0 aromatic heterocycles. The van der Waals surface area contributed by atoms with Crippen molar-refractivity contribution in [2.75, 3.05) is 6.61 Å². The van der Waals surface area contributed by atoms with Gasteiger partial charge in [-0.3, -0.25) is 10.1 Å². The van der Waals surface area contributed by atoms with Gasteiger partial charge in [0.15, 0.2) is 0 Å². The van der Waals surface area contributed by atoms with Crippen molar-refractivity contribution in [2.45, 2.75) is 25.6 Å². The van der Waals surface area contributed by atoms with Gasteiger partial charge < -0.3 is 19.3 Å². The summed E-state index contributed by atoms with van der Waals surface area (Å²) in [4.78, 5) is 22.3. The van der Waals surface area contributed by atoms with Crippen LogP contribution < -0.4 is 0 Å². The van der Waals surface area contributed by atoms with Crippen molar-refractivity contribution in [1.82, 2.24) is 0 Å². The first-order valence-electron chi connectivity index (χ1n) is 7.95. The molecule has 8 nitrogen and oxygen atoms in total. The normalized spacial score (nSPS) is 18.3. The Kier molecular flexibility index (Phi) is 5.57. The van der Waals surface area contributed by atoms with Crippen LogP contribution in [0.15, 0.2) is 48.5 Å². The highest BCUT2D eigenvalue weighted by Crippen LogP contribution is 2.27. The molecule has 0 bridgehead atoms. The summed E-state index contributed by atoms with van der Waals surface area (Å²) < 4.78 is 15.9. The molecule has 0 aliphatic carbocycles. The number of nitrogens with zero attached hydrogens (tertiary/aromatic N) is 1. The number of aliphatic hydroxyl groups is 1. The predicted octanol–water partition coefficient (Wildman–Crippen LogP) is 2.19. The first kappa shape index (κ1) is 18.0. The molecule has 8 heteroatoms. The van der Waals surface area contributed by atoms with Crippen molar-refractivity contribution < 1.29 is 29.0 Å². The summed E-state index contributed by atoms with van der Waals surface area (Å²) in [6, 6.07) is 13.2. The predicted molar refractivity (Wildman–Crippen MR) is 89.2 cm³/mol. The molecule has 2 aromatic rings. The van der Waals surface area contributed by atoms with E-state index < -0.39 is 23.8 Å². The maximum absolute atomic E-state index is 12.2. The molecule has 2 aromatic carbocycles. The molecule has 0 spiro atoms. The molecule has 1 saturated heterocycles. The smallest absolute Gasteiger partial charge is 0.340 e. The Morgan fingerprint density at radius 3 is 2.69 bits per heavy atom. The standard InChI is InChI=1S/C18H17NO7/c20-9-13-8-14(19(22)23)6-7-15(13)17(21)26-18-16(25-18)11-24-10-12-4-2-1-3-5-12/h1-8,16,18,20H,9-11H2/t16-,18+/m0/s1. The van der Waals surface area contributed by atoms with E-state index in [1.807, 2.05) is 30.3 Å². The Labute approximate surface area is 149 Å². The molecule has 2 atom stereocenters. The van der Waals surface area contributed by atoms with Gasteiger partial charge >= 0.3 is 5.97 Å². The number of hydrogen-bond acceptors (Lipinski definition) is 7. The van der Waals surface area contributed by atoms with E-state index >= 15 is 0 Å². The van der Waals surface area contributed by atoms with Crippen LogP contribution >= 0.6 is 0 Å². The molecule has 136 valence electrons. The van der Waals surface area contributed by atoms with E-state index in [0.29, 0.717) is 6.61 Å². The molecule has 3 rings (SSSR count). The average molecular weight is 359 g/mol. The Morgan fingerprint density at radius 2 is 2.00 bits per heavy atom. The zero-order valence-corrected chi connectivity index (χ0v) is 13.7. The van der Waals surface area contributed by atoms with E-state index in [1.54, 1.807) is 0 Å². The van der Waals surface area contributed by atoms with Gasteiger partial charge in [0.2, 0.25) is 6.29 Å². The van der Waals surface area contributed by atoms with Crippen LogP contribution in [0.1, 0.15) is 21.5 Å². The Balaban J connectivity index is 1.49. The van der Waals surface area contributed by atoms with Crippen LogP contribution in [0.4, 0.5) is 5.69 Å². The highest BCUT2D eigenvalue weighted by molar-refractivity contribution is 5.91. The van der Waals surface area contributed by atoms with Gasteiger partial charge in [-0.25, -0.2) is 4.79 Å². The molecular formula is C18H17NO7. The third kappa shape index (κ3) is 4.42. The van der Waals surface area contributed by atoms with Crippen LogP contribution in [0.25, 0.3) is 0 Å². The highest BCUT2D eigenvalue weighted by atomic mass is 16.8. The van der Waals surface area contributed by atoms with Gasteiger partial charge in [0, 0.05) is 12.1 Å². The molecular weight excluding hydrogens is 342 g/mol. The van der Waals surface area contributed by atoms with Crippen molar-refractivity contribution in [2.24, 2.45) is 0 Å². The highest BCUT2D eigenvalue weighted by Gasteiger charge is 2.43. The minimum absolute atomic E-state index is 0.0672. The van der Waals surface area contributed by atoms with Gasteiger partial charge in [0.1, 0.15) is 6.10 Å². The number of nitro groups is 1. The fourth-order valence-corrected chi connectivity index (χ4v) is 2.41. The summed E-state index contributed by atoms with van der Waals surface area (Å²) in [6.45, 7) is 0.194. The minimum atomic E-state index is -0.722. The topological polar surface area (TPSA) is 111 Å². The van der Waals surface area contributed by atoms with E-state index in [1.165, 1.54) is 12.1 Å². The molecule has 26 heavy (non-hydrogen) atoms. The number of epoxide rings is 1. The van der Waals surface area contributed by atoms with E-state index in [4.69, 9.17) is 14.2 Å². The number of benzene rings is 2. The van der Waals surface area contributed by atoms with E-state index in [-0.39, 0.29) is 29.5 Å². The zero-order chi connectivity index (χ0) is 18.5. The molecule has 1 N–H and O–H groups in total. The Morgan fingerprint density at radius 1 is 1.23 bits per heavy atom. The minimum Gasteiger partial charge on any atom is -0.429 e. The fraction of sp³-hybridized carbons (Fsp3) is 0.278. The number of ether oxygens (including phenoxy) is 3. The molecule has 0 amide bonds. The van der Waals surface area contributed by atoms with Gasteiger partial charge in [-0.1, -0.05) is 30.3 Å². The van der Waals surface area contributed by atoms with Gasteiger partial charge in [-0.05, 0) is 17.2 Å². The first-order chi connectivity index (χ1) is 12.6. The molecule has 1 aliphatic heterocycles. The van der Waals surface area contributed by atoms with E-state index in [9.17, 15) is 20.0 Å². The summed E-state index contributed by atoms with van der Waals surface area (Å²) >= 11 is 0. The SMILES string of the molecule is O=C(O[C@H]1O[C@H]1COCc1ccccc1)c1ccc([N+](=O)[O-])cc1CO. The number of hydrogen-bond donors (Lipinski definition) is 1. The molecule has 0 radical (unpaired) electrons. The van der Waals surface area contributed by atoms with Crippen LogP contribution in [-0.4, -0.2) is 35.0 Å². The summed E-state index contributed by atoms with van der Waals surface area (Å²) in [5, 5.41) is 20.1. The average Bonchev–Trinajstić information content (AvgIpc) is 3.39. The van der Waals surface area contributed by atoms with Crippen LogP contribution in [0.2, 0.25) is 0 Å². The number of rotatable bonds is 8. The van der Waals surface area contributed by atoms with Crippen molar-refractivity contribution in [3.05, 3.63) is 75.3 Å². The van der Waals surface area contributed by atoms with Crippen molar-refractivity contribution in [3.8, 4) is 0 Å². The largest absolute Gasteiger partial charge is 0.429 e. The lowest BCUT2D eigenvalue weighted by Crippen LogP contribution is -2.14. The number of nitro benzene ring substituents is 1. The van der Waals surface area contributed by atoms with E-state index in [2.05, 4.69) is 0 Å². The number of non-ortho nitro benzene ring substituents is 1. The maximum Gasteiger partial charge on any atom is 0.340 e. The molecule has 1 fully saturated rings. The summed E-state index contributed by atoms with van der Waals surface area (Å²) in [5.74, 6) is -0.709. The van der Waals surface area contributed by atoms with Gasteiger partial charge in [0.05, 0.1) is 30.3 Å². The second-order valence-electron chi connectivity index (χ2n) is 5.71. The number of aliphatic hydroxyl groups excluding tert-OH is 1. The lowest BCUT2D eigenvalue weighted by Gasteiger charge is -2.06. The monoisotopic (exact) mass is 359 g/mol. The van der Waals surface area contributed by atoms with Crippen LogP contribution in [0, 0.1) is 10.1 Å². The second-order valence-corrected chi connectivity index (χ2v) is 5.71. The van der Waals surface area contributed by atoms with Crippen LogP contribution in [0.3, 0.4) is 0 Å². The number of esters is 1. The van der Waals surface area contributed by atoms with Gasteiger partial charge in [-0.15, -0.1) is 0 Å². The third-order valence-electron chi connectivity index (χ3n) is 3.84. The zero-order valence-electron chi connectivity index (χ0n) is 13.7. The maximum atomic E-state index is 12.2. The number of carbonyl (C=O) groups excluding carboxylic acids is 1. The summed E-state index contributed by atoms with van der Waals surface area (Å²) in [5.41, 5.74) is 1.01. The Hall–Kier alpha value is -2.81. The molecule has 0 saturated carbocycles. The second kappa shape index (κ2) is 8.05. The van der Waals surface area contributed by atoms with Crippen molar-refractivity contribution in [1.29, 1.82) is 0 Å².